The van der Waals surface area contributed by atoms with Gasteiger partial charge in [-0.2, -0.15) is 18.3 Å². The van der Waals surface area contributed by atoms with Gasteiger partial charge in [0.15, 0.2) is 0 Å². The van der Waals surface area contributed by atoms with Crippen molar-refractivity contribution in [2.24, 2.45) is 7.05 Å². The lowest BCUT2D eigenvalue weighted by Crippen LogP contribution is -2.07. The van der Waals surface area contributed by atoms with Gasteiger partial charge in [-0.15, -0.1) is 0 Å². The van der Waals surface area contributed by atoms with E-state index in [0.29, 0.717) is 11.2 Å². The van der Waals surface area contributed by atoms with Crippen LogP contribution in [0.15, 0.2) is 30.5 Å². The third-order valence-electron chi connectivity index (χ3n) is 3.31. The molecule has 0 bridgehead atoms. The van der Waals surface area contributed by atoms with E-state index in [1.165, 1.54) is 10.9 Å². The first kappa shape index (κ1) is 12.8. The Labute approximate surface area is 113 Å². The molecule has 0 radical (unpaired) electrons. The minimum atomic E-state index is -4.42. The molecule has 0 saturated heterocycles. The van der Waals surface area contributed by atoms with E-state index in [-0.39, 0.29) is 11.1 Å². The van der Waals surface area contributed by atoms with Gasteiger partial charge < -0.3 is 4.98 Å². The highest BCUT2D eigenvalue weighted by molar-refractivity contribution is 5.91. The Hall–Kier alpha value is -2.24. The van der Waals surface area contributed by atoms with Crippen LogP contribution in [0.25, 0.3) is 22.3 Å². The number of hydrogen-bond acceptors (Lipinski definition) is 1. The van der Waals surface area contributed by atoms with Gasteiger partial charge in [0.25, 0.3) is 0 Å². The Balaban J connectivity index is 2.40. The van der Waals surface area contributed by atoms with Crippen LogP contribution < -0.4 is 0 Å². The molecule has 0 aliphatic carbocycles. The van der Waals surface area contributed by atoms with Crippen LogP contribution in [0, 0.1) is 6.92 Å². The van der Waals surface area contributed by atoms with Crippen molar-refractivity contribution in [3.63, 3.8) is 0 Å². The number of aromatic amines is 1. The number of H-pyrrole nitrogens is 1. The second-order valence-electron chi connectivity index (χ2n) is 4.76. The molecule has 1 aromatic carbocycles. The number of fused-ring (bicyclic) bond motifs is 1. The molecular weight excluding hydrogens is 267 g/mol. The monoisotopic (exact) mass is 279 g/mol. The van der Waals surface area contributed by atoms with Gasteiger partial charge in [-0.25, -0.2) is 0 Å². The van der Waals surface area contributed by atoms with Gasteiger partial charge in [0, 0.05) is 24.1 Å². The molecule has 0 aliphatic heterocycles. The van der Waals surface area contributed by atoms with E-state index in [2.05, 4.69) is 10.1 Å². The minimum absolute atomic E-state index is 0.0538. The molecule has 3 rings (SSSR count). The predicted molar refractivity (Wildman–Crippen MR) is 70.2 cm³/mol. The molecule has 2 aromatic heterocycles. The quantitative estimate of drug-likeness (QED) is 0.720. The van der Waals surface area contributed by atoms with E-state index in [4.69, 9.17) is 0 Å². The third kappa shape index (κ3) is 1.88. The molecule has 20 heavy (non-hydrogen) atoms. The summed E-state index contributed by atoms with van der Waals surface area (Å²) in [7, 11) is 1.62. The summed E-state index contributed by atoms with van der Waals surface area (Å²) >= 11 is 0. The number of aryl methyl sites for hydroxylation is 2. The molecule has 0 spiro atoms. The first-order valence-corrected chi connectivity index (χ1v) is 6.06. The van der Waals surface area contributed by atoms with Gasteiger partial charge >= 0.3 is 6.18 Å². The van der Waals surface area contributed by atoms with Crippen LogP contribution in [0.4, 0.5) is 13.2 Å². The lowest BCUT2D eigenvalue weighted by Gasteiger charge is -2.09. The van der Waals surface area contributed by atoms with Crippen molar-refractivity contribution in [3.8, 4) is 11.4 Å². The number of hydrogen-bond donors (Lipinski definition) is 1. The molecule has 104 valence electrons. The van der Waals surface area contributed by atoms with E-state index < -0.39 is 11.7 Å². The third-order valence-corrected chi connectivity index (χ3v) is 3.31. The highest BCUT2D eigenvalue weighted by atomic mass is 19.4. The van der Waals surface area contributed by atoms with Gasteiger partial charge in [0.1, 0.15) is 0 Å². The second-order valence-corrected chi connectivity index (χ2v) is 4.76. The summed E-state index contributed by atoms with van der Waals surface area (Å²) in [6.07, 6.45) is -2.95. The minimum Gasteiger partial charge on any atom is -0.353 e. The summed E-state index contributed by atoms with van der Waals surface area (Å²) in [6.45, 7) is 1.77. The number of nitrogens with one attached hydrogen (secondary N) is 1. The van der Waals surface area contributed by atoms with E-state index in [1.807, 2.05) is 0 Å². The van der Waals surface area contributed by atoms with Crippen molar-refractivity contribution in [2.75, 3.05) is 0 Å². The lowest BCUT2D eigenvalue weighted by molar-refractivity contribution is -0.135. The van der Waals surface area contributed by atoms with Gasteiger partial charge in [-0.05, 0) is 25.1 Å². The highest BCUT2D eigenvalue weighted by Crippen LogP contribution is 2.41. The first-order valence-electron chi connectivity index (χ1n) is 6.06. The number of nitrogens with zero attached hydrogens (tertiary/aromatic N) is 2. The molecule has 0 fully saturated rings. The zero-order valence-corrected chi connectivity index (χ0v) is 10.9. The van der Waals surface area contributed by atoms with Crippen molar-refractivity contribution < 1.29 is 13.2 Å². The number of halogens is 3. The molecule has 0 atom stereocenters. The molecule has 2 heterocycles. The van der Waals surface area contributed by atoms with Crippen molar-refractivity contribution >= 4 is 10.9 Å². The number of aromatic nitrogens is 3. The van der Waals surface area contributed by atoms with E-state index in [1.54, 1.807) is 38.2 Å². The van der Waals surface area contributed by atoms with E-state index >= 15 is 0 Å². The van der Waals surface area contributed by atoms with Gasteiger partial charge in [0.2, 0.25) is 0 Å². The zero-order chi connectivity index (χ0) is 14.5. The van der Waals surface area contributed by atoms with Crippen LogP contribution >= 0.6 is 0 Å². The smallest absolute Gasteiger partial charge is 0.353 e. The number of benzene rings is 1. The molecular formula is C14H12F3N3. The maximum Gasteiger partial charge on any atom is 0.419 e. The number of alkyl halides is 3. The van der Waals surface area contributed by atoms with Crippen LogP contribution in [0.2, 0.25) is 0 Å². The Bertz CT molecular complexity index is 781. The Kier molecular flexibility index (Phi) is 2.64. The van der Waals surface area contributed by atoms with Crippen LogP contribution in [-0.2, 0) is 13.2 Å². The summed E-state index contributed by atoms with van der Waals surface area (Å²) in [4.78, 5) is 2.86. The molecule has 3 aromatic rings. The molecule has 0 saturated carbocycles. The Morgan fingerprint density at radius 2 is 1.95 bits per heavy atom. The maximum absolute atomic E-state index is 13.4. The van der Waals surface area contributed by atoms with Crippen LogP contribution in [0.3, 0.4) is 0 Å². The van der Waals surface area contributed by atoms with Crippen molar-refractivity contribution in [2.45, 2.75) is 13.1 Å². The summed E-state index contributed by atoms with van der Waals surface area (Å²) in [5, 5.41) is 4.12. The fraction of sp³-hybridized carbons (Fsp3) is 0.214. The first-order chi connectivity index (χ1) is 9.38. The average molecular weight is 279 g/mol. The molecule has 0 aliphatic rings. The Morgan fingerprint density at radius 1 is 1.20 bits per heavy atom. The van der Waals surface area contributed by atoms with Crippen molar-refractivity contribution in [1.82, 2.24) is 14.8 Å². The average Bonchev–Trinajstić information content (AvgIpc) is 2.90. The molecule has 6 heteroatoms. The van der Waals surface area contributed by atoms with Gasteiger partial charge in [-0.1, -0.05) is 11.6 Å². The summed E-state index contributed by atoms with van der Waals surface area (Å²) in [5.41, 5.74) is 1.08. The topological polar surface area (TPSA) is 33.6 Å². The summed E-state index contributed by atoms with van der Waals surface area (Å²) in [5.74, 6) is 0. The van der Waals surface area contributed by atoms with Crippen molar-refractivity contribution in [1.29, 1.82) is 0 Å². The Morgan fingerprint density at radius 3 is 2.55 bits per heavy atom. The summed E-state index contributed by atoms with van der Waals surface area (Å²) < 4.78 is 41.7. The van der Waals surface area contributed by atoms with Gasteiger partial charge in [0.05, 0.1) is 17.0 Å². The SMILES string of the molecule is Cc1ccc2[nH]c(-c3ccnn3C)c(C(F)(F)F)c2c1. The molecule has 0 unspecified atom stereocenters. The highest BCUT2D eigenvalue weighted by Gasteiger charge is 2.38. The standard InChI is InChI=1S/C14H12F3N3/c1-8-3-4-10-9(7-8)12(14(15,16)17)13(19-10)11-5-6-18-20(11)2/h3-7,19H,1-2H3. The number of rotatable bonds is 1. The molecule has 0 amide bonds. The molecule has 3 nitrogen and oxygen atoms in total. The fourth-order valence-corrected chi connectivity index (χ4v) is 2.41. The van der Waals surface area contributed by atoms with Crippen LogP contribution in [-0.4, -0.2) is 14.8 Å². The van der Waals surface area contributed by atoms with E-state index in [9.17, 15) is 13.2 Å². The lowest BCUT2D eigenvalue weighted by atomic mass is 10.1. The largest absolute Gasteiger partial charge is 0.419 e. The van der Waals surface area contributed by atoms with Gasteiger partial charge in [-0.3, -0.25) is 4.68 Å². The molecule has 1 N–H and O–H groups in total. The predicted octanol–water partition coefficient (Wildman–Crippen LogP) is 3.90. The van der Waals surface area contributed by atoms with Crippen LogP contribution in [0.5, 0.6) is 0 Å². The van der Waals surface area contributed by atoms with Crippen molar-refractivity contribution in [3.05, 3.63) is 41.6 Å². The summed E-state index contributed by atoms with van der Waals surface area (Å²) in [6, 6.07) is 6.56. The van der Waals surface area contributed by atoms with Crippen LogP contribution in [0.1, 0.15) is 11.1 Å². The van der Waals surface area contributed by atoms with E-state index in [0.717, 1.165) is 5.56 Å². The normalized spacial score (nSPS) is 12.2. The zero-order valence-electron chi connectivity index (χ0n) is 10.9. The maximum atomic E-state index is 13.4. The second kappa shape index (κ2) is 4.13. The fourth-order valence-electron chi connectivity index (χ4n) is 2.41.